The molecule has 1 atom stereocenters. The second kappa shape index (κ2) is 7.20. The van der Waals surface area contributed by atoms with Gasteiger partial charge in [-0.3, -0.25) is 19.3 Å². The molecule has 1 heterocycles. The topological polar surface area (TPSA) is 104 Å². The number of rotatable bonds is 6. The molecule has 1 saturated heterocycles. The van der Waals surface area contributed by atoms with E-state index in [4.69, 9.17) is 10.8 Å². The number of amides is 1. The number of hydrogen-bond donors (Lipinski definition) is 2. The van der Waals surface area contributed by atoms with Crippen LogP contribution in [0, 0.1) is 0 Å². The van der Waals surface area contributed by atoms with E-state index in [0.29, 0.717) is 32.7 Å². The second-order valence-corrected chi connectivity index (χ2v) is 4.84. The summed E-state index contributed by atoms with van der Waals surface area (Å²) >= 11 is 0. The van der Waals surface area contributed by atoms with Gasteiger partial charge in [-0.05, 0) is 13.3 Å². The molecule has 0 aromatic carbocycles. The number of nitrogens with two attached hydrogens (primary N) is 1. The van der Waals surface area contributed by atoms with Crippen molar-refractivity contribution in [1.82, 2.24) is 9.80 Å². The van der Waals surface area contributed by atoms with Crippen molar-refractivity contribution >= 4 is 17.7 Å². The van der Waals surface area contributed by atoms with Crippen LogP contribution in [0.3, 0.4) is 0 Å². The van der Waals surface area contributed by atoms with Gasteiger partial charge in [0.2, 0.25) is 5.91 Å². The molecule has 108 valence electrons. The molecule has 19 heavy (non-hydrogen) atoms. The van der Waals surface area contributed by atoms with Crippen molar-refractivity contribution < 1.29 is 19.5 Å². The standard InChI is InChI=1S/C12H21N3O4/c1-9(16)8-14-4-6-15(7-5-14)11(17)3-2-10(13)12(18)19/h10H,2-8,13H2,1H3,(H,18,19)/t10-/m0/s1. The lowest BCUT2D eigenvalue weighted by atomic mass is 10.1. The van der Waals surface area contributed by atoms with Crippen molar-refractivity contribution in [2.45, 2.75) is 25.8 Å². The fraction of sp³-hybridized carbons (Fsp3) is 0.750. The Balaban J connectivity index is 2.29. The highest BCUT2D eigenvalue weighted by atomic mass is 16.4. The molecule has 0 bridgehead atoms. The van der Waals surface area contributed by atoms with Gasteiger partial charge >= 0.3 is 5.97 Å². The van der Waals surface area contributed by atoms with Crippen molar-refractivity contribution in [3.8, 4) is 0 Å². The molecule has 1 aliphatic heterocycles. The number of piperazine rings is 1. The highest BCUT2D eigenvalue weighted by Gasteiger charge is 2.22. The monoisotopic (exact) mass is 271 g/mol. The molecule has 3 N–H and O–H groups in total. The third kappa shape index (κ3) is 5.35. The van der Waals surface area contributed by atoms with Crippen LogP contribution in [-0.2, 0) is 14.4 Å². The van der Waals surface area contributed by atoms with Crippen LogP contribution in [-0.4, -0.2) is 71.3 Å². The smallest absolute Gasteiger partial charge is 0.320 e. The van der Waals surface area contributed by atoms with Gasteiger partial charge in [-0.1, -0.05) is 0 Å². The number of carbonyl (C=O) groups is 3. The summed E-state index contributed by atoms with van der Waals surface area (Å²) < 4.78 is 0. The average Bonchev–Trinajstić information content (AvgIpc) is 2.35. The van der Waals surface area contributed by atoms with Gasteiger partial charge in [-0.2, -0.15) is 0 Å². The number of aliphatic carboxylic acids is 1. The van der Waals surface area contributed by atoms with Gasteiger partial charge in [0.25, 0.3) is 0 Å². The predicted octanol–water partition coefficient (Wildman–Crippen LogP) is -1.09. The van der Waals surface area contributed by atoms with E-state index in [1.807, 2.05) is 4.90 Å². The number of carboxylic acids is 1. The molecule has 0 aromatic heterocycles. The van der Waals surface area contributed by atoms with E-state index in [-0.39, 0.29) is 24.5 Å². The third-order valence-corrected chi connectivity index (χ3v) is 3.16. The Labute approximate surface area is 112 Å². The summed E-state index contributed by atoms with van der Waals surface area (Å²) in [4.78, 5) is 37.1. The molecule has 0 radical (unpaired) electrons. The highest BCUT2D eigenvalue weighted by molar-refractivity contribution is 5.79. The number of ketones is 1. The first kappa shape index (κ1) is 15.6. The number of hydrogen-bond acceptors (Lipinski definition) is 5. The molecule has 0 aromatic rings. The van der Waals surface area contributed by atoms with Crippen molar-refractivity contribution in [3.63, 3.8) is 0 Å². The van der Waals surface area contributed by atoms with Gasteiger partial charge in [0, 0.05) is 32.6 Å². The lowest BCUT2D eigenvalue weighted by Gasteiger charge is -2.34. The molecule has 1 fully saturated rings. The van der Waals surface area contributed by atoms with Gasteiger partial charge in [-0.25, -0.2) is 0 Å². The molecule has 1 amide bonds. The van der Waals surface area contributed by atoms with Crippen molar-refractivity contribution in [1.29, 1.82) is 0 Å². The summed E-state index contributed by atoms with van der Waals surface area (Å²) in [5, 5.41) is 8.64. The van der Waals surface area contributed by atoms with E-state index in [1.165, 1.54) is 0 Å². The fourth-order valence-corrected chi connectivity index (χ4v) is 2.03. The number of Topliss-reactive ketones (excluding diaryl/α,β-unsaturated/α-hetero) is 1. The Bertz CT molecular complexity index is 351. The maximum absolute atomic E-state index is 11.8. The molecule has 0 saturated carbocycles. The van der Waals surface area contributed by atoms with Gasteiger partial charge in [0.1, 0.15) is 11.8 Å². The number of carboxylic acid groups (broad SMARTS) is 1. The summed E-state index contributed by atoms with van der Waals surface area (Å²) in [6.45, 7) is 4.48. The van der Waals surface area contributed by atoms with Crippen LogP contribution in [0.4, 0.5) is 0 Å². The molecule has 0 unspecified atom stereocenters. The summed E-state index contributed by atoms with van der Waals surface area (Å²) in [6.07, 6.45) is 0.308. The van der Waals surface area contributed by atoms with Gasteiger partial charge in [0.05, 0.1) is 6.54 Å². The molecule has 1 aliphatic rings. The summed E-state index contributed by atoms with van der Waals surface area (Å²) in [7, 11) is 0. The Hall–Kier alpha value is -1.47. The van der Waals surface area contributed by atoms with E-state index >= 15 is 0 Å². The van der Waals surface area contributed by atoms with Crippen LogP contribution in [0.5, 0.6) is 0 Å². The Morgan fingerprint density at radius 2 is 1.79 bits per heavy atom. The van der Waals surface area contributed by atoms with Crippen LogP contribution in [0.25, 0.3) is 0 Å². The summed E-state index contributed by atoms with van der Waals surface area (Å²) in [5.41, 5.74) is 5.36. The van der Waals surface area contributed by atoms with E-state index in [0.717, 1.165) is 0 Å². The first-order valence-corrected chi connectivity index (χ1v) is 6.38. The van der Waals surface area contributed by atoms with E-state index in [1.54, 1.807) is 11.8 Å². The largest absolute Gasteiger partial charge is 0.480 e. The predicted molar refractivity (Wildman–Crippen MR) is 68.5 cm³/mol. The minimum absolute atomic E-state index is 0.0702. The summed E-state index contributed by atoms with van der Waals surface area (Å²) in [5.74, 6) is -1.04. The zero-order chi connectivity index (χ0) is 14.4. The quantitative estimate of drug-likeness (QED) is 0.636. The van der Waals surface area contributed by atoms with Crippen LogP contribution in [0.15, 0.2) is 0 Å². The SMILES string of the molecule is CC(=O)CN1CCN(C(=O)CC[C@H](N)C(=O)O)CC1. The van der Waals surface area contributed by atoms with Crippen LogP contribution < -0.4 is 5.73 Å². The minimum Gasteiger partial charge on any atom is -0.480 e. The highest BCUT2D eigenvalue weighted by Crippen LogP contribution is 2.06. The molecule has 0 spiro atoms. The Morgan fingerprint density at radius 3 is 2.26 bits per heavy atom. The maximum atomic E-state index is 11.8. The van der Waals surface area contributed by atoms with Gasteiger partial charge in [-0.15, -0.1) is 0 Å². The molecule has 7 heteroatoms. The van der Waals surface area contributed by atoms with Crippen LogP contribution in [0.1, 0.15) is 19.8 Å². The zero-order valence-corrected chi connectivity index (χ0v) is 11.2. The minimum atomic E-state index is -1.08. The fourth-order valence-electron chi connectivity index (χ4n) is 2.03. The molecular weight excluding hydrogens is 250 g/mol. The maximum Gasteiger partial charge on any atom is 0.320 e. The summed E-state index contributed by atoms with van der Waals surface area (Å²) in [6, 6.07) is -0.983. The Morgan fingerprint density at radius 1 is 1.21 bits per heavy atom. The number of carbonyl (C=O) groups excluding carboxylic acids is 2. The van der Waals surface area contributed by atoms with Crippen molar-refractivity contribution in [2.24, 2.45) is 5.73 Å². The van der Waals surface area contributed by atoms with Gasteiger partial charge < -0.3 is 15.7 Å². The van der Waals surface area contributed by atoms with Crippen molar-refractivity contribution in [3.05, 3.63) is 0 Å². The van der Waals surface area contributed by atoms with Crippen molar-refractivity contribution in [2.75, 3.05) is 32.7 Å². The zero-order valence-electron chi connectivity index (χ0n) is 11.2. The third-order valence-electron chi connectivity index (χ3n) is 3.16. The lowest BCUT2D eigenvalue weighted by molar-refractivity contribution is -0.139. The first-order valence-electron chi connectivity index (χ1n) is 6.38. The molecule has 0 aliphatic carbocycles. The normalized spacial score (nSPS) is 18.1. The van der Waals surface area contributed by atoms with Crippen LogP contribution in [0.2, 0.25) is 0 Å². The first-order chi connectivity index (χ1) is 8.90. The van der Waals surface area contributed by atoms with E-state index in [9.17, 15) is 14.4 Å². The Kier molecular flexibility index (Phi) is 5.91. The molecule has 7 nitrogen and oxygen atoms in total. The molecule has 1 rings (SSSR count). The number of nitrogens with zero attached hydrogens (tertiary/aromatic N) is 2. The average molecular weight is 271 g/mol. The second-order valence-electron chi connectivity index (χ2n) is 4.84. The van der Waals surface area contributed by atoms with E-state index < -0.39 is 12.0 Å². The van der Waals surface area contributed by atoms with E-state index in [2.05, 4.69) is 0 Å². The van der Waals surface area contributed by atoms with Gasteiger partial charge in [0.15, 0.2) is 0 Å². The molecular formula is C12H21N3O4. The van der Waals surface area contributed by atoms with Crippen LogP contribution >= 0.6 is 0 Å². The lowest BCUT2D eigenvalue weighted by Crippen LogP contribution is -2.49.